The van der Waals surface area contributed by atoms with Crippen LogP contribution in [0.5, 0.6) is 17.2 Å². The zero-order valence-corrected chi connectivity index (χ0v) is 27.3. The van der Waals surface area contributed by atoms with Crippen molar-refractivity contribution in [3.05, 3.63) is 88.9 Å². The molecule has 3 aromatic rings. The summed E-state index contributed by atoms with van der Waals surface area (Å²) in [4.78, 5) is 38.8. The smallest absolute Gasteiger partial charge is 0.409 e. The van der Waals surface area contributed by atoms with Crippen molar-refractivity contribution in [1.29, 1.82) is 0 Å². The van der Waals surface area contributed by atoms with E-state index in [2.05, 4.69) is 5.32 Å². The number of amides is 1. The van der Waals surface area contributed by atoms with Crippen LogP contribution in [0.1, 0.15) is 65.0 Å². The van der Waals surface area contributed by atoms with E-state index in [0.717, 1.165) is 11.1 Å². The van der Waals surface area contributed by atoms with E-state index in [9.17, 15) is 14.4 Å². The third-order valence-corrected chi connectivity index (χ3v) is 6.88. The minimum atomic E-state index is -2.05. The molecule has 1 N–H and O–H groups in total. The number of aryl methyl sites for hydroxylation is 1. The van der Waals surface area contributed by atoms with Crippen molar-refractivity contribution in [1.82, 2.24) is 5.32 Å². The molecule has 0 atom stereocenters. The number of carbonyl (C=O) groups excluding carboxylic acids is 3. The van der Waals surface area contributed by atoms with Gasteiger partial charge in [0.2, 0.25) is 5.54 Å². The zero-order valence-electron chi connectivity index (χ0n) is 26.5. The van der Waals surface area contributed by atoms with Gasteiger partial charge in [0, 0.05) is 11.1 Å². The van der Waals surface area contributed by atoms with Gasteiger partial charge in [0.05, 0.1) is 13.2 Å². The molecule has 0 bridgehead atoms. The molecule has 3 aromatic carbocycles. The molecule has 0 unspecified atom stereocenters. The summed E-state index contributed by atoms with van der Waals surface area (Å²) in [6.07, 6.45) is 0.506. The SMILES string of the molecule is CCOC(=O)C(CCCCc1ccc(Oc2cccc(OCc3ccccc3)c2)cc1Cl)(NC(=O)OC(C)(C)C)C(=O)OCC. The lowest BCUT2D eigenvalue weighted by atomic mass is 9.91. The van der Waals surface area contributed by atoms with Gasteiger partial charge in [-0.1, -0.05) is 54.1 Å². The van der Waals surface area contributed by atoms with Crippen molar-refractivity contribution in [2.45, 2.75) is 78.0 Å². The molecule has 0 radical (unpaired) electrons. The van der Waals surface area contributed by atoms with Crippen LogP contribution in [-0.4, -0.2) is 42.4 Å². The molecule has 45 heavy (non-hydrogen) atoms. The highest BCUT2D eigenvalue weighted by molar-refractivity contribution is 6.31. The van der Waals surface area contributed by atoms with Crippen LogP contribution in [0.2, 0.25) is 5.02 Å². The summed E-state index contributed by atoms with van der Waals surface area (Å²) >= 11 is 6.60. The topological polar surface area (TPSA) is 109 Å². The molecule has 0 fully saturated rings. The van der Waals surface area contributed by atoms with Gasteiger partial charge >= 0.3 is 18.0 Å². The van der Waals surface area contributed by atoms with E-state index in [-0.39, 0.29) is 19.6 Å². The summed E-state index contributed by atoms with van der Waals surface area (Å²) in [5, 5.41) is 2.97. The molecule has 0 saturated carbocycles. The fourth-order valence-electron chi connectivity index (χ4n) is 4.44. The van der Waals surface area contributed by atoms with E-state index < -0.39 is 29.2 Å². The van der Waals surface area contributed by atoms with Gasteiger partial charge in [-0.2, -0.15) is 0 Å². The molecule has 0 saturated heterocycles. The Kier molecular flexibility index (Phi) is 13.1. The second-order valence-electron chi connectivity index (χ2n) is 11.3. The van der Waals surface area contributed by atoms with Crippen molar-refractivity contribution in [2.75, 3.05) is 13.2 Å². The van der Waals surface area contributed by atoms with Gasteiger partial charge in [0.1, 0.15) is 29.5 Å². The quantitative estimate of drug-likeness (QED) is 0.0776. The van der Waals surface area contributed by atoms with Gasteiger partial charge < -0.3 is 23.7 Å². The van der Waals surface area contributed by atoms with Gasteiger partial charge in [0.25, 0.3) is 0 Å². The van der Waals surface area contributed by atoms with Gasteiger partial charge in [-0.25, -0.2) is 14.4 Å². The lowest BCUT2D eigenvalue weighted by Crippen LogP contribution is -2.62. The van der Waals surface area contributed by atoms with Gasteiger partial charge in [-0.05, 0) is 95.7 Å². The highest BCUT2D eigenvalue weighted by Gasteiger charge is 2.50. The van der Waals surface area contributed by atoms with Crippen LogP contribution < -0.4 is 14.8 Å². The predicted octanol–water partition coefficient (Wildman–Crippen LogP) is 7.81. The minimum absolute atomic E-state index is 0.0189. The van der Waals surface area contributed by atoms with Crippen molar-refractivity contribution in [3.8, 4) is 17.2 Å². The fraction of sp³-hybridized carbons (Fsp3) is 0.400. The molecule has 0 aliphatic heterocycles. The molecule has 10 heteroatoms. The minimum Gasteiger partial charge on any atom is -0.489 e. The number of benzene rings is 3. The van der Waals surface area contributed by atoms with Gasteiger partial charge in [-0.15, -0.1) is 0 Å². The van der Waals surface area contributed by atoms with Crippen molar-refractivity contribution >= 4 is 29.6 Å². The van der Waals surface area contributed by atoms with E-state index in [1.807, 2.05) is 66.7 Å². The summed E-state index contributed by atoms with van der Waals surface area (Å²) in [6, 6.07) is 22.7. The molecular formula is C35H42ClNO8. The molecule has 0 spiro atoms. The molecule has 0 aliphatic rings. The highest BCUT2D eigenvalue weighted by atomic mass is 35.5. The second kappa shape index (κ2) is 16.7. The first-order valence-corrected chi connectivity index (χ1v) is 15.4. The Balaban J connectivity index is 1.63. The molecule has 0 aliphatic carbocycles. The number of alkyl carbamates (subject to hydrolysis) is 1. The number of ether oxygens (including phenoxy) is 5. The third-order valence-electron chi connectivity index (χ3n) is 6.52. The van der Waals surface area contributed by atoms with Gasteiger partial charge in [0.15, 0.2) is 0 Å². The molecule has 0 aromatic heterocycles. The maximum absolute atomic E-state index is 13.1. The van der Waals surface area contributed by atoms with Crippen LogP contribution in [0.15, 0.2) is 72.8 Å². The molecule has 9 nitrogen and oxygen atoms in total. The van der Waals surface area contributed by atoms with Crippen LogP contribution in [0, 0.1) is 0 Å². The average Bonchev–Trinajstić information content (AvgIpc) is 2.98. The molecule has 1 amide bonds. The van der Waals surface area contributed by atoms with E-state index in [0.29, 0.717) is 48.1 Å². The number of carbonyl (C=O) groups is 3. The van der Waals surface area contributed by atoms with Crippen LogP contribution >= 0.6 is 11.6 Å². The largest absolute Gasteiger partial charge is 0.489 e. The average molecular weight is 640 g/mol. The zero-order chi connectivity index (χ0) is 32.9. The Morgan fingerprint density at radius 3 is 2.04 bits per heavy atom. The van der Waals surface area contributed by atoms with E-state index in [1.165, 1.54) is 0 Å². The second-order valence-corrected chi connectivity index (χ2v) is 11.7. The Morgan fingerprint density at radius 1 is 0.778 bits per heavy atom. The Labute approximate surface area is 270 Å². The summed E-state index contributed by atoms with van der Waals surface area (Å²) in [6.45, 7) is 8.77. The standard InChI is InChI=1S/C35H42ClNO8/c1-6-41-31(38)35(32(39)42-7-2,37-33(40)45-34(3,4)5)21-12-11-16-26-19-20-29(23-30(26)36)44-28-18-13-17-27(22-28)43-24-25-14-9-8-10-15-25/h8-10,13-15,17-20,22-23H,6-7,11-12,16,21,24H2,1-5H3,(H,37,40). The molecule has 0 heterocycles. The maximum Gasteiger partial charge on any atom is 0.409 e. The lowest BCUT2D eigenvalue weighted by molar-refractivity contribution is -0.166. The number of nitrogens with one attached hydrogen (secondary N) is 1. The van der Waals surface area contributed by atoms with Crippen molar-refractivity contribution in [3.63, 3.8) is 0 Å². The Morgan fingerprint density at radius 2 is 1.42 bits per heavy atom. The van der Waals surface area contributed by atoms with Crippen LogP contribution in [0.4, 0.5) is 4.79 Å². The first-order chi connectivity index (χ1) is 21.5. The van der Waals surface area contributed by atoms with Crippen LogP contribution in [0.3, 0.4) is 0 Å². The summed E-state index contributed by atoms with van der Waals surface area (Å²) in [5.41, 5.74) is -0.959. The summed E-state index contributed by atoms with van der Waals surface area (Å²) in [7, 11) is 0. The van der Waals surface area contributed by atoms with E-state index in [4.69, 9.17) is 35.3 Å². The third kappa shape index (κ3) is 11.0. The Hall–Kier alpha value is -4.24. The lowest BCUT2D eigenvalue weighted by Gasteiger charge is -2.31. The van der Waals surface area contributed by atoms with Crippen molar-refractivity contribution in [2.24, 2.45) is 0 Å². The first-order valence-electron chi connectivity index (χ1n) is 15.0. The predicted molar refractivity (Wildman–Crippen MR) is 172 cm³/mol. The number of hydrogen-bond acceptors (Lipinski definition) is 8. The van der Waals surface area contributed by atoms with Crippen LogP contribution in [0.25, 0.3) is 0 Å². The van der Waals surface area contributed by atoms with Gasteiger partial charge in [-0.3, -0.25) is 5.32 Å². The fourth-order valence-corrected chi connectivity index (χ4v) is 4.71. The number of hydrogen-bond donors (Lipinski definition) is 1. The van der Waals surface area contributed by atoms with E-state index in [1.54, 1.807) is 40.7 Å². The summed E-state index contributed by atoms with van der Waals surface area (Å²) < 4.78 is 27.6. The number of esters is 2. The molecule has 242 valence electrons. The van der Waals surface area contributed by atoms with Crippen LogP contribution in [-0.2, 0) is 36.8 Å². The number of rotatable bonds is 15. The monoisotopic (exact) mass is 639 g/mol. The molecule has 3 rings (SSSR count). The maximum atomic E-state index is 13.1. The van der Waals surface area contributed by atoms with Crippen molar-refractivity contribution < 1.29 is 38.1 Å². The first kappa shape index (κ1) is 35.2. The molecular weight excluding hydrogens is 598 g/mol. The summed E-state index contributed by atoms with van der Waals surface area (Å²) in [5.74, 6) is 0.0546. The number of halogens is 1. The normalized spacial score (nSPS) is 11.3. The Bertz CT molecular complexity index is 1400. The number of unbranched alkanes of at least 4 members (excludes halogenated alkanes) is 1. The van der Waals surface area contributed by atoms with E-state index >= 15 is 0 Å². The highest BCUT2D eigenvalue weighted by Crippen LogP contribution is 2.30.